The average Bonchev–Trinajstić information content (AvgIpc) is 2.74. The predicted octanol–water partition coefficient (Wildman–Crippen LogP) is 1.28. The van der Waals surface area contributed by atoms with Gasteiger partial charge < -0.3 is 10.1 Å². The fraction of sp³-hybridized carbons (Fsp3) is 0.583. The summed E-state index contributed by atoms with van der Waals surface area (Å²) >= 11 is 1.38. The highest BCUT2D eigenvalue weighted by molar-refractivity contribution is 7.13. The number of thiazole rings is 1. The monoisotopic (exact) mass is 285 g/mol. The van der Waals surface area contributed by atoms with Gasteiger partial charge in [-0.15, -0.1) is 11.3 Å². The minimum absolute atomic E-state index is 0.120. The lowest BCUT2D eigenvalue weighted by Crippen LogP contribution is -2.37. The van der Waals surface area contributed by atoms with E-state index in [0.717, 1.165) is 12.1 Å². The maximum Gasteiger partial charge on any atom is 0.319 e. The summed E-state index contributed by atoms with van der Waals surface area (Å²) in [5.74, 6) is -0.516. The molecule has 0 aliphatic rings. The molecular formula is C12H19N3O3S. The van der Waals surface area contributed by atoms with Gasteiger partial charge in [0.1, 0.15) is 0 Å². The zero-order valence-corrected chi connectivity index (χ0v) is 12.2. The number of aromatic nitrogens is 1. The molecule has 0 saturated heterocycles. The molecule has 1 amide bonds. The van der Waals surface area contributed by atoms with Crippen molar-refractivity contribution >= 4 is 28.3 Å². The second kappa shape index (κ2) is 7.85. The van der Waals surface area contributed by atoms with Crippen molar-refractivity contribution in [3.63, 3.8) is 0 Å². The van der Waals surface area contributed by atoms with Crippen LogP contribution < -0.4 is 5.32 Å². The van der Waals surface area contributed by atoms with E-state index in [-0.39, 0.29) is 25.0 Å². The van der Waals surface area contributed by atoms with Crippen LogP contribution in [0, 0.1) is 6.92 Å². The fourth-order valence-corrected chi connectivity index (χ4v) is 2.25. The number of carbonyl (C=O) groups is 2. The normalized spacial score (nSPS) is 10.5. The number of nitrogens with zero attached hydrogens (tertiary/aromatic N) is 2. The number of carbonyl (C=O) groups excluding carboxylic acids is 2. The number of methoxy groups -OCH3 is 1. The highest BCUT2D eigenvalue weighted by Gasteiger charge is 2.15. The van der Waals surface area contributed by atoms with Crippen LogP contribution >= 0.6 is 11.3 Å². The molecule has 0 aromatic carbocycles. The predicted molar refractivity (Wildman–Crippen MR) is 74.2 cm³/mol. The zero-order valence-electron chi connectivity index (χ0n) is 11.4. The van der Waals surface area contributed by atoms with Crippen molar-refractivity contribution in [1.29, 1.82) is 0 Å². The SMILES string of the molecule is CCCN(CC(=O)Nc1nc(C)cs1)CC(=O)OC. The van der Waals surface area contributed by atoms with Crippen LogP contribution in [0.15, 0.2) is 5.38 Å². The van der Waals surface area contributed by atoms with Gasteiger partial charge >= 0.3 is 5.97 Å². The maximum atomic E-state index is 11.8. The van der Waals surface area contributed by atoms with E-state index in [9.17, 15) is 9.59 Å². The third kappa shape index (κ3) is 5.80. The summed E-state index contributed by atoms with van der Waals surface area (Å²) in [4.78, 5) is 29.0. The second-order valence-electron chi connectivity index (χ2n) is 4.13. The van der Waals surface area contributed by atoms with Crippen molar-refractivity contribution in [3.8, 4) is 0 Å². The number of amides is 1. The van der Waals surface area contributed by atoms with Crippen LogP contribution in [-0.4, -0.2) is 48.5 Å². The maximum absolute atomic E-state index is 11.8. The smallest absolute Gasteiger partial charge is 0.319 e. The van der Waals surface area contributed by atoms with Crippen LogP contribution in [0.4, 0.5) is 5.13 Å². The van der Waals surface area contributed by atoms with Crippen LogP contribution in [0.3, 0.4) is 0 Å². The van der Waals surface area contributed by atoms with Gasteiger partial charge in [0.05, 0.1) is 25.9 Å². The molecule has 0 spiro atoms. The van der Waals surface area contributed by atoms with Gasteiger partial charge in [0.2, 0.25) is 5.91 Å². The van der Waals surface area contributed by atoms with E-state index in [1.807, 2.05) is 19.2 Å². The van der Waals surface area contributed by atoms with Gasteiger partial charge in [0.15, 0.2) is 5.13 Å². The molecule has 6 nitrogen and oxygen atoms in total. The average molecular weight is 285 g/mol. The lowest BCUT2D eigenvalue weighted by atomic mass is 10.4. The number of hydrogen-bond donors (Lipinski definition) is 1. The number of esters is 1. The molecule has 106 valence electrons. The molecule has 0 aliphatic heterocycles. The van der Waals surface area contributed by atoms with Crippen molar-refractivity contribution in [2.75, 3.05) is 32.1 Å². The number of nitrogens with one attached hydrogen (secondary N) is 1. The summed E-state index contributed by atoms with van der Waals surface area (Å²) in [7, 11) is 1.34. The van der Waals surface area contributed by atoms with Crippen LogP contribution in [0.25, 0.3) is 0 Å². The Bertz CT molecular complexity index is 434. The number of rotatable bonds is 7. The van der Waals surface area contributed by atoms with Crippen LogP contribution in [0.1, 0.15) is 19.0 Å². The molecule has 0 saturated carbocycles. The summed E-state index contributed by atoms with van der Waals surface area (Å²) in [5, 5.41) is 5.17. The Balaban J connectivity index is 2.48. The summed E-state index contributed by atoms with van der Waals surface area (Å²) in [6.07, 6.45) is 0.862. The first kappa shape index (κ1) is 15.6. The molecule has 1 aromatic heterocycles. The van der Waals surface area contributed by atoms with E-state index in [1.165, 1.54) is 18.4 Å². The Kier molecular flexibility index (Phi) is 6.44. The zero-order chi connectivity index (χ0) is 14.3. The van der Waals surface area contributed by atoms with Crippen LogP contribution in [0.5, 0.6) is 0 Å². The van der Waals surface area contributed by atoms with Crippen molar-refractivity contribution in [2.45, 2.75) is 20.3 Å². The first-order chi connectivity index (χ1) is 9.05. The Morgan fingerprint density at radius 3 is 2.74 bits per heavy atom. The summed E-state index contributed by atoms with van der Waals surface area (Å²) in [6, 6.07) is 0. The summed E-state index contributed by atoms with van der Waals surface area (Å²) in [6.45, 7) is 4.80. The number of anilines is 1. The molecular weight excluding hydrogens is 266 g/mol. The fourth-order valence-electron chi connectivity index (χ4n) is 1.55. The molecule has 0 atom stereocenters. The number of hydrogen-bond acceptors (Lipinski definition) is 6. The topological polar surface area (TPSA) is 71.5 Å². The molecule has 0 radical (unpaired) electrons. The van der Waals surface area contributed by atoms with Gasteiger partial charge in [0, 0.05) is 5.38 Å². The van der Waals surface area contributed by atoms with Crippen molar-refractivity contribution in [1.82, 2.24) is 9.88 Å². The number of aryl methyl sites for hydroxylation is 1. The highest BCUT2D eigenvalue weighted by atomic mass is 32.1. The van der Waals surface area contributed by atoms with E-state index in [4.69, 9.17) is 0 Å². The lowest BCUT2D eigenvalue weighted by Gasteiger charge is -2.19. The molecule has 0 unspecified atom stereocenters. The Hall–Kier alpha value is -1.47. The molecule has 19 heavy (non-hydrogen) atoms. The van der Waals surface area contributed by atoms with E-state index in [1.54, 1.807) is 4.90 Å². The van der Waals surface area contributed by atoms with E-state index < -0.39 is 0 Å². The van der Waals surface area contributed by atoms with E-state index in [2.05, 4.69) is 15.0 Å². The van der Waals surface area contributed by atoms with Crippen LogP contribution in [0.2, 0.25) is 0 Å². The second-order valence-corrected chi connectivity index (χ2v) is 4.99. The van der Waals surface area contributed by atoms with Crippen molar-refractivity contribution in [2.24, 2.45) is 0 Å². The number of ether oxygens (including phenoxy) is 1. The Morgan fingerprint density at radius 2 is 2.21 bits per heavy atom. The molecule has 1 rings (SSSR count). The molecule has 0 fully saturated rings. The van der Waals surface area contributed by atoms with Crippen LogP contribution in [-0.2, 0) is 14.3 Å². The summed E-state index contributed by atoms with van der Waals surface area (Å²) in [5.41, 5.74) is 0.875. The third-order valence-electron chi connectivity index (χ3n) is 2.35. The highest BCUT2D eigenvalue weighted by Crippen LogP contribution is 2.14. The van der Waals surface area contributed by atoms with Gasteiger partial charge in [-0.3, -0.25) is 14.5 Å². The molecule has 0 bridgehead atoms. The van der Waals surface area contributed by atoms with Crippen molar-refractivity contribution in [3.05, 3.63) is 11.1 Å². The third-order valence-corrected chi connectivity index (χ3v) is 3.23. The van der Waals surface area contributed by atoms with Gasteiger partial charge in [-0.05, 0) is 19.9 Å². The molecule has 1 aromatic rings. The van der Waals surface area contributed by atoms with Gasteiger partial charge in [-0.25, -0.2) is 4.98 Å². The molecule has 1 N–H and O–H groups in total. The minimum Gasteiger partial charge on any atom is -0.468 e. The lowest BCUT2D eigenvalue weighted by molar-refractivity contribution is -0.142. The van der Waals surface area contributed by atoms with E-state index >= 15 is 0 Å². The standard InChI is InChI=1S/C12H19N3O3S/c1-4-5-15(7-11(17)18-3)6-10(16)14-12-13-9(2)8-19-12/h8H,4-7H2,1-3H3,(H,13,14,16). The molecule has 1 heterocycles. The van der Waals surface area contributed by atoms with Gasteiger partial charge in [0.25, 0.3) is 0 Å². The first-order valence-corrected chi connectivity index (χ1v) is 6.94. The molecule has 7 heteroatoms. The Labute approximate surface area is 116 Å². The minimum atomic E-state index is -0.341. The molecule has 0 aliphatic carbocycles. The van der Waals surface area contributed by atoms with Gasteiger partial charge in [-0.2, -0.15) is 0 Å². The first-order valence-electron chi connectivity index (χ1n) is 6.06. The largest absolute Gasteiger partial charge is 0.468 e. The van der Waals surface area contributed by atoms with Gasteiger partial charge in [-0.1, -0.05) is 6.92 Å². The van der Waals surface area contributed by atoms with E-state index in [0.29, 0.717) is 11.7 Å². The quantitative estimate of drug-likeness (QED) is 0.764. The Morgan fingerprint density at radius 1 is 1.47 bits per heavy atom. The van der Waals surface area contributed by atoms with Crippen molar-refractivity contribution < 1.29 is 14.3 Å². The summed E-state index contributed by atoms with van der Waals surface area (Å²) < 4.78 is 4.61.